The highest BCUT2D eigenvalue weighted by atomic mass is 79.9. The molecule has 0 unspecified atom stereocenters. The lowest BCUT2D eigenvalue weighted by Gasteiger charge is -2.10. The van der Waals surface area contributed by atoms with E-state index < -0.39 is 10.0 Å². The van der Waals surface area contributed by atoms with Crippen molar-refractivity contribution in [2.75, 3.05) is 4.72 Å². The van der Waals surface area contributed by atoms with Gasteiger partial charge in [-0.3, -0.25) is 4.72 Å². The van der Waals surface area contributed by atoms with E-state index in [1.807, 2.05) is 13.8 Å². The van der Waals surface area contributed by atoms with Crippen LogP contribution in [0, 0.1) is 13.8 Å². The second-order valence-corrected chi connectivity index (χ2v) is 7.42. The topological polar surface area (TPSA) is 46.2 Å². The van der Waals surface area contributed by atoms with E-state index in [1.54, 1.807) is 36.4 Å². The third-order valence-electron chi connectivity index (χ3n) is 2.96. The Balaban J connectivity index is 2.35. The van der Waals surface area contributed by atoms with Gasteiger partial charge in [0.1, 0.15) is 0 Å². The van der Waals surface area contributed by atoms with E-state index in [1.165, 1.54) is 0 Å². The van der Waals surface area contributed by atoms with Crippen LogP contribution in [-0.4, -0.2) is 8.42 Å². The molecule has 1 N–H and O–H groups in total. The molecular weight excluding hydrogens is 362 g/mol. The first kappa shape index (κ1) is 15.4. The number of anilines is 1. The van der Waals surface area contributed by atoms with Gasteiger partial charge in [0.05, 0.1) is 15.6 Å². The Kier molecular flexibility index (Phi) is 4.42. The van der Waals surface area contributed by atoms with Crippen LogP contribution in [0.2, 0.25) is 5.02 Å². The van der Waals surface area contributed by atoms with E-state index in [2.05, 4.69) is 20.7 Å². The summed E-state index contributed by atoms with van der Waals surface area (Å²) in [4.78, 5) is 0.242. The van der Waals surface area contributed by atoms with Gasteiger partial charge >= 0.3 is 0 Å². The third kappa shape index (κ3) is 3.34. The molecule has 0 saturated carbocycles. The van der Waals surface area contributed by atoms with E-state index in [0.29, 0.717) is 15.2 Å². The summed E-state index contributed by atoms with van der Waals surface area (Å²) in [6.45, 7) is 3.82. The number of hydrogen-bond acceptors (Lipinski definition) is 2. The lowest BCUT2D eigenvalue weighted by Crippen LogP contribution is -2.13. The Morgan fingerprint density at radius 1 is 1.05 bits per heavy atom. The van der Waals surface area contributed by atoms with Crippen LogP contribution in [-0.2, 0) is 10.0 Å². The van der Waals surface area contributed by atoms with Crippen molar-refractivity contribution in [1.29, 1.82) is 0 Å². The summed E-state index contributed by atoms with van der Waals surface area (Å²) in [5.41, 5.74) is 2.45. The van der Waals surface area contributed by atoms with Crippen LogP contribution in [0.25, 0.3) is 0 Å². The molecule has 0 aliphatic rings. The minimum Gasteiger partial charge on any atom is -0.280 e. The summed E-state index contributed by atoms with van der Waals surface area (Å²) in [6, 6.07) is 9.91. The van der Waals surface area contributed by atoms with Crippen molar-refractivity contribution in [1.82, 2.24) is 0 Å². The molecule has 2 aromatic rings. The van der Waals surface area contributed by atoms with Crippen LogP contribution in [0.4, 0.5) is 5.69 Å². The average Bonchev–Trinajstić information content (AvgIpc) is 2.37. The Morgan fingerprint density at radius 3 is 2.35 bits per heavy atom. The van der Waals surface area contributed by atoms with E-state index in [0.717, 1.165) is 11.1 Å². The normalized spacial score (nSPS) is 11.4. The molecule has 2 rings (SSSR count). The van der Waals surface area contributed by atoms with E-state index >= 15 is 0 Å². The van der Waals surface area contributed by atoms with Gasteiger partial charge in [0.2, 0.25) is 0 Å². The highest BCUT2D eigenvalue weighted by Gasteiger charge is 2.15. The molecule has 106 valence electrons. The molecule has 2 aromatic carbocycles. The summed E-state index contributed by atoms with van der Waals surface area (Å²) in [5.74, 6) is 0. The molecule has 0 aliphatic heterocycles. The first-order chi connectivity index (χ1) is 9.29. The molecule has 0 aliphatic carbocycles. The predicted octanol–water partition coefficient (Wildman–Crippen LogP) is 4.52. The maximum atomic E-state index is 12.3. The fraction of sp³-hybridized carbons (Fsp3) is 0.143. The van der Waals surface area contributed by atoms with Gasteiger partial charge in [-0.05, 0) is 71.2 Å². The molecule has 20 heavy (non-hydrogen) atoms. The molecule has 0 atom stereocenters. The van der Waals surface area contributed by atoms with Crippen molar-refractivity contribution in [2.24, 2.45) is 0 Å². The minimum atomic E-state index is -3.60. The van der Waals surface area contributed by atoms with Crippen molar-refractivity contribution in [2.45, 2.75) is 18.7 Å². The first-order valence-electron chi connectivity index (χ1n) is 5.85. The second kappa shape index (κ2) is 5.76. The molecule has 0 aromatic heterocycles. The molecule has 0 amide bonds. The van der Waals surface area contributed by atoms with E-state index in [4.69, 9.17) is 11.6 Å². The smallest absolute Gasteiger partial charge is 0.261 e. The van der Waals surface area contributed by atoms with Crippen molar-refractivity contribution < 1.29 is 8.42 Å². The van der Waals surface area contributed by atoms with Gasteiger partial charge in [0.15, 0.2) is 0 Å². The van der Waals surface area contributed by atoms with Crippen LogP contribution in [0.3, 0.4) is 0 Å². The zero-order valence-corrected chi connectivity index (χ0v) is 14.1. The summed E-state index contributed by atoms with van der Waals surface area (Å²) < 4.78 is 27.8. The second-order valence-electron chi connectivity index (χ2n) is 4.48. The van der Waals surface area contributed by atoms with Gasteiger partial charge in [-0.1, -0.05) is 17.7 Å². The fourth-order valence-electron chi connectivity index (χ4n) is 1.65. The van der Waals surface area contributed by atoms with Crippen molar-refractivity contribution in [3.63, 3.8) is 0 Å². The van der Waals surface area contributed by atoms with E-state index in [-0.39, 0.29) is 4.90 Å². The lowest BCUT2D eigenvalue weighted by molar-refractivity contribution is 0.601. The van der Waals surface area contributed by atoms with Crippen LogP contribution >= 0.6 is 27.5 Å². The summed E-state index contributed by atoms with van der Waals surface area (Å²) in [6.07, 6.45) is 0. The van der Waals surface area contributed by atoms with Gasteiger partial charge in [-0.15, -0.1) is 0 Å². The largest absolute Gasteiger partial charge is 0.280 e. The Hall–Kier alpha value is -1.04. The van der Waals surface area contributed by atoms with Crippen molar-refractivity contribution in [3.05, 3.63) is 57.0 Å². The van der Waals surface area contributed by atoms with Gasteiger partial charge in [0.25, 0.3) is 10.0 Å². The number of nitrogens with one attached hydrogen (secondary N) is 1. The van der Waals surface area contributed by atoms with Crippen LogP contribution < -0.4 is 4.72 Å². The van der Waals surface area contributed by atoms with Gasteiger partial charge in [-0.2, -0.15) is 0 Å². The van der Waals surface area contributed by atoms with Crippen LogP contribution in [0.1, 0.15) is 11.1 Å². The van der Waals surface area contributed by atoms with Crippen molar-refractivity contribution in [3.8, 4) is 0 Å². The van der Waals surface area contributed by atoms with Crippen LogP contribution in [0.5, 0.6) is 0 Å². The highest BCUT2D eigenvalue weighted by Crippen LogP contribution is 2.27. The van der Waals surface area contributed by atoms with Gasteiger partial charge < -0.3 is 0 Å². The number of benzene rings is 2. The number of halogens is 2. The van der Waals surface area contributed by atoms with Gasteiger partial charge in [0, 0.05) is 4.47 Å². The van der Waals surface area contributed by atoms with Gasteiger partial charge in [-0.25, -0.2) is 8.42 Å². The quantitative estimate of drug-likeness (QED) is 0.858. The molecule has 0 heterocycles. The summed E-state index contributed by atoms with van der Waals surface area (Å²) in [7, 11) is -3.60. The molecule has 0 spiro atoms. The zero-order valence-electron chi connectivity index (χ0n) is 10.9. The molecule has 0 fully saturated rings. The minimum absolute atomic E-state index is 0.242. The molecular formula is C14H13BrClNO2S. The Labute approximate surface area is 132 Å². The number of sulfonamides is 1. The number of aryl methyl sites for hydroxylation is 2. The molecule has 0 bridgehead atoms. The van der Waals surface area contributed by atoms with Crippen LogP contribution in [0.15, 0.2) is 45.8 Å². The third-order valence-corrected chi connectivity index (χ3v) is 5.55. The van der Waals surface area contributed by atoms with E-state index in [9.17, 15) is 8.42 Å². The maximum absolute atomic E-state index is 12.3. The molecule has 0 saturated heterocycles. The Morgan fingerprint density at radius 2 is 1.75 bits per heavy atom. The average molecular weight is 375 g/mol. The fourth-order valence-corrected chi connectivity index (χ4v) is 3.29. The summed E-state index contributed by atoms with van der Waals surface area (Å²) in [5, 5.41) is 0.527. The summed E-state index contributed by atoms with van der Waals surface area (Å²) >= 11 is 9.15. The first-order valence-corrected chi connectivity index (χ1v) is 8.50. The Bertz CT molecular complexity index is 760. The lowest BCUT2D eigenvalue weighted by atomic mass is 10.1. The monoisotopic (exact) mass is 373 g/mol. The molecule has 0 radical (unpaired) electrons. The standard InChI is InChI=1S/C14H13BrClNO2S/c1-9-3-5-12(7-10(9)2)20(18,19)17-11-4-6-14(16)13(15)8-11/h3-8,17H,1-2H3. The molecule has 6 heteroatoms. The maximum Gasteiger partial charge on any atom is 0.261 e. The SMILES string of the molecule is Cc1ccc(S(=O)(=O)Nc2ccc(Cl)c(Br)c2)cc1C. The number of rotatable bonds is 3. The number of hydrogen-bond donors (Lipinski definition) is 1. The predicted molar refractivity (Wildman–Crippen MR) is 85.9 cm³/mol. The highest BCUT2D eigenvalue weighted by molar-refractivity contribution is 9.10. The molecule has 3 nitrogen and oxygen atoms in total. The van der Waals surface area contributed by atoms with Crippen molar-refractivity contribution >= 4 is 43.2 Å². The zero-order chi connectivity index (χ0) is 14.9.